The number of fused-ring (bicyclic) bond motifs is 1. The fourth-order valence-electron chi connectivity index (χ4n) is 1.05. The fraction of sp³-hybridized carbons (Fsp3) is 0. The van der Waals surface area contributed by atoms with Crippen LogP contribution in [0.1, 0.15) is 0 Å². The molecule has 0 amide bonds. The maximum absolute atomic E-state index is 9.14. The number of nitrogens with one attached hydrogen (secondary N) is 1. The molecule has 5 heteroatoms. The van der Waals surface area contributed by atoms with Gasteiger partial charge in [-0.25, -0.2) is 9.97 Å². The van der Waals surface area contributed by atoms with Crippen LogP contribution in [0.25, 0.3) is 11.4 Å². The van der Waals surface area contributed by atoms with E-state index >= 15 is 0 Å². The normalized spacial score (nSPS) is 9.43. The predicted molar refractivity (Wildman–Crippen MR) is 56.5 cm³/mol. The minimum Gasteiger partial charge on any atom is -0.491 e. The van der Waals surface area contributed by atoms with E-state index in [4.69, 9.17) is 10.5 Å². The van der Waals surface area contributed by atoms with Gasteiger partial charge in [-0.1, -0.05) is 18.2 Å². The van der Waals surface area contributed by atoms with Gasteiger partial charge in [-0.2, -0.15) is 0 Å². The summed E-state index contributed by atoms with van der Waals surface area (Å²) in [6.07, 6.45) is 0. The van der Waals surface area contributed by atoms with Crippen LogP contribution in [0.4, 0.5) is 0 Å². The molecule has 2 aliphatic rings. The Kier molecular flexibility index (Phi) is 3.14. The van der Waals surface area contributed by atoms with Crippen LogP contribution in [0.5, 0.6) is 5.88 Å². The SMILES string of the molecule is Br.N=c1nc2cccccc-2nc1O. The monoisotopic (exact) mass is 253 g/mol. The Bertz CT molecular complexity index is 475. The summed E-state index contributed by atoms with van der Waals surface area (Å²) in [6, 6.07) is 8.94. The highest BCUT2D eigenvalue weighted by molar-refractivity contribution is 8.93. The standard InChI is InChI=1S/C9H7N3O.BrH/c10-8-9(13)12-7-5-3-1-2-4-6(7)11-8;/h1-5,10H,(H,12,13);1H. The van der Waals surface area contributed by atoms with Gasteiger partial charge >= 0.3 is 0 Å². The first-order valence-corrected chi connectivity index (χ1v) is 3.78. The molecular formula is C9H8BrN3O. The smallest absolute Gasteiger partial charge is 0.257 e. The molecule has 0 saturated heterocycles. The minimum absolute atomic E-state index is 0. The Morgan fingerprint density at radius 1 is 1.00 bits per heavy atom. The topological polar surface area (TPSA) is 69.9 Å². The predicted octanol–water partition coefficient (Wildman–Crippen LogP) is 1.34. The summed E-state index contributed by atoms with van der Waals surface area (Å²) in [5, 5.41) is 16.4. The van der Waals surface area contributed by atoms with Gasteiger partial charge in [-0.3, -0.25) is 5.41 Å². The zero-order chi connectivity index (χ0) is 9.26. The van der Waals surface area contributed by atoms with Crippen LogP contribution in [0.3, 0.4) is 0 Å². The van der Waals surface area contributed by atoms with Gasteiger partial charge in [-0.15, -0.1) is 17.0 Å². The molecule has 2 rings (SSSR count). The van der Waals surface area contributed by atoms with Crippen LogP contribution >= 0.6 is 17.0 Å². The van der Waals surface area contributed by atoms with Gasteiger partial charge in [0, 0.05) is 0 Å². The number of aromatic nitrogens is 2. The van der Waals surface area contributed by atoms with Crippen molar-refractivity contribution in [1.82, 2.24) is 9.97 Å². The molecular weight excluding hydrogens is 246 g/mol. The number of halogens is 1. The first-order chi connectivity index (χ1) is 6.27. The highest BCUT2D eigenvalue weighted by Gasteiger charge is 2.04. The van der Waals surface area contributed by atoms with Crippen molar-refractivity contribution in [2.75, 3.05) is 0 Å². The minimum atomic E-state index is -0.335. The number of aromatic hydroxyl groups is 1. The van der Waals surface area contributed by atoms with Crippen LogP contribution in [0, 0.1) is 5.41 Å². The van der Waals surface area contributed by atoms with Crippen LogP contribution in [0.15, 0.2) is 30.3 Å². The van der Waals surface area contributed by atoms with Gasteiger partial charge in [0.2, 0.25) is 5.49 Å². The van der Waals surface area contributed by atoms with E-state index in [1.165, 1.54) is 0 Å². The maximum atomic E-state index is 9.14. The Balaban J connectivity index is 0.000000980. The second-order valence-electron chi connectivity index (χ2n) is 2.58. The molecule has 0 bridgehead atoms. The van der Waals surface area contributed by atoms with Crippen molar-refractivity contribution in [3.63, 3.8) is 0 Å². The summed E-state index contributed by atoms with van der Waals surface area (Å²) in [7, 11) is 0. The van der Waals surface area contributed by atoms with Crippen molar-refractivity contribution in [2.24, 2.45) is 0 Å². The van der Waals surface area contributed by atoms with Gasteiger partial charge in [0.1, 0.15) is 0 Å². The van der Waals surface area contributed by atoms with E-state index < -0.39 is 0 Å². The van der Waals surface area contributed by atoms with Crippen molar-refractivity contribution >= 4 is 17.0 Å². The highest BCUT2D eigenvalue weighted by Crippen LogP contribution is 2.13. The average Bonchev–Trinajstić information content (AvgIpc) is 2.31. The zero-order valence-corrected chi connectivity index (χ0v) is 8.85. The molecule has 0 aromatic carbocycles. The average molecular weight is 254 g/mol. The molecule has 1 aliphatic carbocycles. The summed E-state index contributed by atoms with van der Waals surface area (Å²) < 4.78 is 0. The van der Waals surface area contributed by atoms with Gasteiger partial charge in [0.25, 0.3) is 5.88 Å². The Hall–Kier alpha value is -1.49. The lowest BCUT2D eigenvalue weighted by atomic mass is 10.3. The van der Waals surface area contributed by atoms with E-state index in [0.29, 0.717) is 11.4 Å². The summed E-state index contributed by atoms with van der Waals surface area (Å²) in [4.78, 5) is 7.69. The van der Waals surface area contributed by atoms with Crippen LogP contribution in [-0.2, 0) is 0 Å². The van der Waals surface area contributed by atoms with Crippen molar-refractivity contribution in [1.29, 1.82) is 5.41 Å². The fourth-order valence-corrected chi connectivity index (χ4v) is 1.05. The zero-order valence-electron chi connectivity index (χ0n) is 7.14. The Morgan fingerprint density at radius 2 is 1.57 bits per heavy atom. The third-order valence-corrected chi connectivity index (χ3v) is 1.66. The van der Waals surface area contributed by atoms with Crippen molar-refractivity contribution in [2.45, 2.75) is 0 Å². The second-order valence-corrected chi connectivity index (χ2v) is 2.58. The summed E-state index contributed by atoms with van der Waals surface area (Å²) in [5.41, 5.74) is 0.991. The molecule has 1 aliphatic heterocycles. The van der Waals surface area contributed by atoms with E-state index in [2.05, 4.69) is 9.97 Å². The van der Waals surface area contributed by atoms with Crippen LogP contribution in [0.2, 0.25) is 0 Å². The lowest BCUT2D eigenvalue weighted by molar-refractivity contribution is 0.440. The molecule has 2 N–H and O–H groups in total. The largest absolute Gasteiger partial charge is 0.491 e. The molecule has 0 unspecified atom stereocenters. The van der Waals surface area contributed by atoms with Gasteiger partial charge < -0.3 is 5.11 Å². The lowest BCUT2D eigenvalue weighted by Gasteiger charge is -1.98. The molecule has 14 heavy (non-hydrogen) atoms. The second kappa shape index (κ2) is 4.15. The molecule has 0 radical (unpaired) electrons. The number of hydrogen-bond acceptors (Lipinski definition) is 4. The summed E-state index contributed by atoms with van der Waals surface area (Å²) in [5.74, 6) is -0.335. The van der Waals surface area contributed by atoms with Crippen molar-refractivity contribution < 1.29 is 5.11 Å². The summed E-state index contributed by atoms with van der Waals surface area (Å²) >= 11 is 0. The molecule has 1 heterocycles. The quantitative estimate of drug-likeness (QED) is 0.745. The molecule has 0 saturated carbocycles. The first-order valence-electron chi connectivity index (χ1n) is 3.78. The molecule has 0 fully saturated rings. The van der Waals surface area contributed by atoms with Gasteiger partial charge in [0.05, 0.1) is 11.4 Å². The third kappa shape index (κ3) is 1.88. The Labute approximate surface area is 90.9 Å². The molecule has 0 spiro atoms. The first kappa shape index (κ1) is 10.6. The maximum Gasteiger partial charge on any atom is 0.257 e. The summed E-state index contributed by atoms with van der Waals surface area (Å²) in [6.45, 7) is 0. The lowest BCUT2D eigenvalue weighted by Crippen LogP contribution is -2.09. The van der Waals surface area contributed by atoms with Crippen LogP contribution < -0.4 is 5.49 Å². The van der Waals surface area contributed by atoms with Crippen molar-refractivity contribution in [3.8, 4) is 17.3 Å². The number of nitrogens with zero attached hydrogens (tertiary/aromatic N) is 2. The molecule has 0 aromatic heterocycles. The van der Waals surface area contributed by atoms with E-state index in [-0.39, 0.29) is 28.3 Å². The van der Waals surface area contributed by atoms with E-state index in [0.717, 1.165) is 0 Å². The van der Waals surface area contributed by atoms with Crippen LogP contribution in [-0.4, -0.2) is 15.1 Å². The molecule has 4 nitrogen and oxygen atoms in total. The van der Waals surface area contributed by atoms with Gasteiger partial charge in [-0.05, 0) is 12.1 Å². The van der Waals surface area contributed by atoms with E-state index in [1.807, 2.05) is 12.1 Å². The molecule has 72 valence electrons. The molecule has 0 atom stereocenters. The highest BCUT2D eigenvalue weighted by atomic mass is 79.9. The van der Waals surface area contributed by atoms with Crippen molar-refractivity contribution in [3.05, 3.63) is 35.8 Å². The number of hydrogen-bond donors (Lipinski definition) is 2. The van der Waals surface area contributed by atoms with Gasteiger partial charge in [0.15, 0.2) is 0 Å². The Morgan fingerprint density at radius 3 is 2.21 bits per heavy atom. The third-order valence-electron chi connectivity index (χ3n) is 1.66. The van der Waals surface area contributed by atoms with E-state index in [9.17, 15) is 0 Å². The molecule has 0 aromatic rings. The van der Waals surface area contributed by atoms with E-state index in [1.54, 1.807) is 18.2 Å². The number of rotatable bonds is 0.